The zero-order valence-corrected chi connectivity index (χ0v) is 24.1. The molecule has 3 aliphatic rings. The standard InChI is InChI=1S/C31H37NO10/c1-30(2)39-23-24(40-30)26-29(42-31(3,4)41-26)38-25(23)27(34)32-21(28(35)37-18-20-13-9-6-10-14-20)15-16-22(33)36-17-19-11-7-5-8-12-19/h5-14,21,23-26,29H,15-18H2,1-4H3,(H,32,34)/t21-,23+,24+,25+,26+,29-/m0/s1. The topological polar surface area (TPSA) is 128 Å². The van der Waals surface area contributed by atoms with Gasteiger partial charge < -0.3 is 38.5 Å². The molecular formula is C31H37NO10. The van der Waals surface area contributed by atoms with Crippen molar-refractivity contribution in [3.8, 4) is 0 Å². The molecule has 11 heteroatoms. The lowest BCUT2D eigenvalue weighted by molar-refractivity contribution is -0.231. The largest absolute Gasteiger partial charge is 0.461 e. The van der Waals surface area contributed by atoms with Crippen LogP contribution in [0, 0.1) is 0 Å². The fraction of sp³-hybridized carbons (Fsp3) is 0.516. The van der Waals surface area contributed by atoms with Gasteiger partial charge in [-0.25, -0.2) is 4.79 Å². The molecule has 1 N–H and O–H groups in total. The summed E-state index contributed by atoms with van der Waals surface area (Å²) in [4.78, 5) is 39.4. The normalized spacial score (nSPS) is 27.8. The minimum absolute atomic E-state index is 0.00425. The molecule has 226 valence electrons. The fourth-order valence-electron chi connectivity index (χ4n) is 5.23. The summed E-state index contributed by atoms with van der Waals surface area (Å²) in [7, 11) is 0. The van der Waals surface area contributed by atoms with Crippen LogP contribution in [0.1, 0.15) is 51.7 Å². The number of fused-ring (bicyclic) bond motifs is 3. The first-order valence-corrected chi connectivity index (χ1v) is 14.1. The molecular weight excluding hydrogens is 546 g/mol. The minimum atomic E-state index is -1.18. The van der Waals surface area contributed by atoms with E-state index in [-0.39, 0.29) is 26.1 Å². The third-order valence-electron chi connectivity index (χ3n) is 7.12. The molecule has 3 saturated heterocycles. The van der Waals surface area contributed by atoms with E-state index in [1.807, 2.05) is 60.7 Å². The summed E-state index contributed by atoms with van der Waals surface area (Å²) in [5, 5.41) is 2.71. The van der Waals surface area contributed by atoms with Crippen molar-refractivity contribution < 1.29 is 47.5 Å². The van der Waals surface area contributed by atoms with Crippen molar-refractivity contribution in [2.75, 3.05) is 0 Å². The molecule has 0 radical (unpaired) electrons. The van der Waals surface area contributed by atoms with Crippen LogP contribution in [0.4, 0.5) is 0 Å². The predicted molar refractivity (Wildman–Crippen MR) is 146 cm³/mol. The molecule has 1 amide bonds. The van der Waals surface area contributed by atoms with Crippen LogP contribution in [0.3, 0.4) is 0 Å². The molecule has 42 heavy (non-hydrogen) atoms. The first kappa shape index (κ1) is 30.1. The number of ether oxygens (including phenoxy) is 7. The van der Waals surface area contributed by atoms with Gasteiger partial charge in [-0.3, -0.25) is 9.59 Å². The van der Waals surface area contributed by atoms with E-state index < -0.39 is 66.2 Å². The van der Waals surface area contributed by atoms with Gasteiger partial charge in [-0.15, -0.1) is 0 Å². The van der Waals surface area contributed by atoms with Gasteiger partial charge in [0.25, 0.3) is 5.91 Å². The lowest BCUT2D eigenvalue weighted by atomic mass is 9.98. The van der Waals surface area contributed by atoms with Crippen LogP contribution in [0.5, 0.6) is 0 Å². The number of hydrogen-bond acceptors (Lipinski definition) is 10. The second kappa shape index (κ2) is 12.5. The smallest absolute Gasteiger partial charge is 0.328 e. The Bertz CT molecular complexity index is 1250. The van der Waals surface area contributed by atoms with E-state index in [0.717, 1.165) is 11.1 Å². The molecule has 11 nitrogen and oxygen atoms in total. The lowest BCUT2D eigenvalue weighted by Crippen LogP contribution is -2.61. The van der Waals surface area contributed by atoms with E-state index in [4.69, 9.17) is 33.2 Å². The van der Waals surface area contributed by atoms with Crippen LogP contribution in [0.25, 0.3) is 0 Å². The summed E-state index contributed by atoms with van der Waals surface area (Å²) in [6.07, 6.45) is -4.31. The van der Waals surface area contributed by atoms with Crippen LogP contribution >= 0.6 is 0 Å². The van der Waals surface area contributed by atoms with Crippen molar-refractivity contribution >= 4 is 17.8 Å². The molecule has 0 spiro atoms. The molecule has 2 aromatic carbocycles. The van der Waals surface area contributed by atoms with Gasteiger partial charge in [-0.2, -0.15) is 0 Å². The van der Waals surface area contributed by atoms with E-state index in [0.29, 0.717) is 0 Å². The Hall–Kier alpha value is -3.35. The number of carbonyl (C=O) groups is 3. The third-order valence-corrected chi connectivity index (χ3v) is 7.12. The second-order valence-corrected chi connectivity index (χ2v) is 11.4. The first-order chi connectivity index (χ1) is 20.0. The molecule has 0 saturated carbocycles. The molecule has 3 fully saturated rings. The van der Waals surface area contributed by atoms with Crippen LogP contribution in [-0.2, 0) is 60.8 Å². The van der Waals surface area contributed by atoms with Crippen LogP contribution in [-0.4, -0.2) is 66.2 Å². The molecule has 3 heterocycles. The molecule has 0 unspecified atom stereocenters. The maximum absolute atomic E-state index is 13.7. The summed E-state index contributed by atoms with van der Waals surface area (Å²) in [6.45, 7) is 7.07. The number of carbonyl (C=O) groups excluding carboxylic acids is 3. The van der Waals surface area contributed by atoms with Gasteiger partial charge in [-0.1, -0.05) is 60.7 Å². The Morgan fingerprint density at radius 1 is 0.762 bits per heavy atom. The van der Waals surface area contributed by atoms with Crippen molar-refractivity contribution in [1.29, 1.82) is 0 Å². The van der Waals surface area contributed by atoms with E-state index in [1.165, 1.54) is 0 Å². The Morgan fingerprint density at radius 3 is 1.95 bits per heavy atom. The molecule has 2 aromatic rings. The molecule has 0 aliphatic carbocycles. The molecule has 3 aliphatic heterocycles. The number of hydrogen-bond donors (Lipinski definition) is 1. The van der Waals surface area contributed by atoms with Gasteiger partial charge in [0.2, 0.25) is 0 Å². The van der Waals surface area contributed by atoms with E-state index >= 15 is 0 Å². The highest BCUT2D eigenvalue weighted by Gasteiger charge is 2.62. The molecule has 0 aromatic heterocycles. The summed E-state index contributed by atoms with van der Waals surface area (Å²) < 4.78 is 40.9. The van der Waals surface area contributed by atoms with Gasteiger partial charge in [-0.05, 0) is 45.2 Å². The van der Waals surface area contributed by atoms with Crippen LogP contribution in [0.15, 0.2) is 60.7 Å². The monoisotopic (exact) mass is 583 g/mol. The third kappa shape index (κ3) is 7.34. The highest BCUT2D eigenvalue weighted by atomic mass is 16.9. The summed E-state index contributed by atoms with van der Waals surface area (Å²) >= 11 is 0. The van der Waals surface area contributed by atoms with E-state index in [9.17, 15) is 14.4 Å². The second-order valence-electron chi connectivity index (χ2n) is 11.4. The quantitative estimate of drug-likeness (QED) is 0.417. The zero-order valence-electron chi connectivity index (χ0n) is 24.1. The number of rotatable bonds is 10. The fourth-order valence-corrected chi connectivity index (χ4v) is 5.23. The van der Waals surface area contributed by atoms with E-state index in [2.05, 4.69) is 5.32 Å². The molecule has 5 rings (SSSR count). The predicted octanol–water partition coefficient (Wildman–Crippen LogP) is 3.13. The average Bonchev–Trinajstić information content (AvgIpc) is 3.46. The highest BCUT2D eigenvalue weighted by Crippen LogP contribution is 2.44. The summed E-state index contributed by atoms with van der Waals surface area (Å²) in [5.74, 6) is -3.79. The van der Waals surface area contributed by atoms with E-state index in [1.54, 1.807) is 27.7 Å². The number of nitrogens with one attached hydrogen (secondary N) is 1. The van der Waals surface area contributed by atoms with Gasteiger partial charge in [0, 0.05) is 6.42 Å². The zero-order chi connectivity index (χ0) is 29.9. The van der Waals surface area contributed by atoms with Crippen molar-refractivity contribution in [1.82, 2.24) is 5.32 Å². The Balaban J connectivity index is 1.26. The summed E-state index contributed by atoms with van der Waals surface area (Å²) in [6, 6.07) is 17.2. The minimum Gasteiger partial charge on any atom is -0.461 e. The van der Waals surface area contributed by atoms with Gasteiger partial charge in [0.05, 0.1) is 0 Å². The van der Waals surface area contributed by atoms with Crippen molar-refractivity contribution in [3.05, 3.63) is 71.8 Å². The van der Waals surface area contributed by atoms with Gasteiger partial charge in [0.1, 0.15) is 37.6 Å². The van der Waals surface area contributed by atoms with Crippen molar-refractivity contribution in [2.24, 2.45) is 0 Å². The van der Waals surface area contributed by atoms with Crippen LogP contribution in [0.2, 0.25) is 0 Å². The average molecular weight is 584 g/mol. The van der Waals surface area contributed by atoms with Crippen LogP contribution < -0.4 is 5.32 Å². The molecule has 6 atom stereocenters. The molecule has 0 bridgehead atoms. The first-order valence-electron chi connectivity index (χ1n) is 14.1. The Kier molecular flexibility index (Phi) is 8.95. The number of benzene rings is 2. The Morgan fingerprint density at radius 2 is 1.31 bits per heavy atom. The summed E-state index contributed by atoms with van der Waals surface area (Å²) in [5.41, 5.74) is 1.62. The van der Waals surface area contributed by atoms with Crippen molar-refractivity contribution in [2.45, 2.75) is 102 Å². The maximum Gasteiger partial charge on any atom is 0.328 e. The van der Waals surface area contributed by atoms with Gasteiger partial charge >= 0.3 is 11.9 Å². The maximum atomic E-state index is 13.7. The SMILES string of the molecule is CC1(C)O[C@@H]2[C@@H](O1)[C@H](C(=O)N[C@@H](CCC(=O)OCc1ccccc1)C(=O)OCc1ccccc1)O[C@H]1OC(C)(C)O[C@@H]12. The number of amides is 1. The van der Waals surface area contributed by atoms with Gasteiger partial charge in [0.15, 0.2) is 24.0 Å². The van der Waals surface area contributed by atoms with Crippen molar-refractivity contribution in [3.63, 3.8) is 0 Å². The lowest BCUT2D eigenvalue weighted by Gasteiger charge is -2.36. The highest BCUT2D eigenvalue weighted by molar-refractivity contribution is 5.88. The Labute approximate surface area is 244 Å². The number of esters is 2.